The van der Waals surface area contributed by atoms with Crippen LogP contribution < -0.4 is 10.6 Å². The smallest absolute Gasteiger partial charge is 0.225 e. The van der Waals surface area contributed by atoms with Crippen molar-refractivity contribution >= 4 is 5.95 Å². The average Bonchev–Trinajstić information content (AvgIpc) is 2.40. The zero-order chi connectivity index (χ0) is 15.0. The van der Waals surface area contributed by atoms with Crippen LogP contribution in [0.3, 0.4) is 0 Å². The number of rotatable bonds is 9. The van der Waals surface area contributed by atoms with Gasteiger partial charge in [0, 0.05) is 39.2 Å². The SMILES string of the molecule is COCCN(c1ncc(CC(C)N)cn1)C(C)COC. The highest BCUT2D eigenvalue weighted by Gasteiger charge is 2.16. The third kappa shape index (κ3) is 5.40. The summed E-state index contributed by atoms with van der Waals surface area (Å²) in [5.74, 6) is 0.694. The quantitative estimate of drug-likeness (QED) is 0.724. The molecule has 0 saturated carbocycles. The van der Waals surface area contributed by atoms with Gasteiger partial charge in [0.1, 0.15) is 0 Å². The van der Waals surface area contributed by atoms with E-state index >= 15 is 0 Å². The Morgan fingerprint density at radius 1 is 1.20 bits per heavy atom. The van der Waals surface area contributed by atoms with Crippen molar-refractivity contribution in [1.29, 1.82) is 0 Å². The minimum atomic E-state index is 0.112. The Labute approximate surface area is 121 Å². The zero-order valence-electron chi connectivity index (χ0n) is 12.9. The summed E-state index contributed by atoms with van der Waals surface area (Å²) in [7, 11) is 3.38. The van der Waals surface area contributed by atoms with E-state index in [0.29, 0.717) is 19.2 Å². The molecule has 0 aliphatic heterocycles. The molecule has 0 fully saturated rings. The second-order valence-corrected chi connectivity index (χ2v) is 5.06. The third-order valence-corrected chi connectivity index (χ3v) is 2.98. The summed E-state index contributed by atoms with van der Waals surface area (Å²) in [6, 6.07) is 0.302. The van der Waals surface area contributed by atoms with Gasteiger partial charge in [-0.2, -0.15) is 0 Å². The van der Waals surface area contributed by atoms with Gasteiger partial charge in [-0.15, -0.1) is 0 Å². The van der Waals surface area contributed by atoms with Crippen LogP contribution >= 0.6 is 0 Å². The van der Waals surface area contributed by atoms with Gasteiger partial charge in [-0.05, 0) is 25.8 Å². The van der Waals surface area contributed by atoms with E-state index in [2.05, 4.69) is 21.8 Å². The predicted octanol–water partition coefficient (Wildman–Crippen LogP) is 0.854. The molecule has 0 amide bonds. The first-order valence-electron chi connectivity index (χ1n) is 6.89. The van der Waals surface area contributed by atoms with Crippen LogP contribution in [0.25, 0.3) is 0 Å². The lowest BCUT2D eigenvalue weighted by Crippen LogP contribution is -2.39. The Morgan fingerprint density at radius 2 is 1.85 bits per heavy atom. The van der Waals surface area contributed by atoms with Gasteiger partial charge in [-0.1, -0.05) is 0 Å². The number of hydrogen-bond acceptors (Lipinski definition) is 6. The minimum absolute atomic E-state index is 0.112. The van der Waals surface area contributed by atoms with Crippen molar-refractivity contribution in [2.24, 2.45) is 5.73 Å². The van der Waals surface area contributed by atoms with E-state index in [1.165, 1.54) is 0 Å². The van der Waals surface area contributed by atoms with E-state index in [1.54, 1.807) is 14.2 Å². The molecule has 1 heterocycles. The highest BCUT2D eigenvalue weighted by molar-refractivity contribution is 5.31. The second kappa shape index (κ2) is 8.84. The van der Waals surface area contributed by atoms with Gasteiger partial charge in [-0.3, -0.25) is 0 Å². The molecule has 6 heteroatoms. The molecule has 6 nitrogen and oxygen atoms in total. The molecule has 1 aromatic heterocycles. The summed E-state index contributed by atoms with van der Waals surface area (Å²) >= 11 is 0. The molecule has 2 N–H and O–H groups in total. The molecule has 20 heavy (non-hydrogen) atoms. The van der Waals surface area contributed by atoms with Crippen LogP contribution in [0.1, 0.15) is 19.4 Å². The van der Waals surface area contributed by atoms with Crippen LogP contribution in [0, 0.1) is 0 Å². The van der Waals surface area contributed by atoms with Crippen LogP contribution in [-0.4, -0.2) is 56.0 Å². The normalized spacial score (nSPS) is 14.1. The van der Waals surface area contributed by atoms with Crippen LogP contribution in [-0.2, 0) is 15.9 Å². The number of aromatic nitrogens is 2. The molecule has 1 aromatic rings. The molecule has 0 aliphatic rings. The van der Waals surface area contributed by atoms with E-state index in [1.807, 2.05) is 19.3 Å². The summed E-state index contributed by atoms with van der Waals surface area (Å²) in [5.41, 5.74) is 6.83. The standard InChI is InChI=1S/C14H26N4O2/c1-11(15)7-13-8-16-14(17-9-13)18(5-6-19-3)12(2)10-20-4/h8-9,11-12H,5-7,10,15H2,1-4H3. The highest BCUT2D eigenvalue weighted by atomic mass is 16.5. The van der Waals surface area contributed by atoms with Gasteiger partial charge in [0.15, 0.2) is 0 Å². The Hall–Kier alpha value is -1.24. The lowest BCUT2D eigenvalue weighted by Gasteiger charge is -2.28. The van der Waals surface area contributed by atoms with Crippen molar-refractivity contribution in [3.63, 3.8) is 0 Å². The van der Waals surface area contributed by atoms with Gasteiger partial charge < -0.3 is 20.1 Å². The number of nitrogens with two attached hydrogens (primary N) is 1. The fourth-order valence-electron chi connectivity index (χ4n) is 2.01. The molecule has 0 bridgehead atoms. The number of methoxy groups -OCH3 is 2. The maximum atomic E-state index is 5.78. The summed E-state index contributed by atoms with van der Waals surface area (Å²) in [5, 5.41) is 0. The molecular formula is C14H26N4O2. The Balaban J connectivity index is 2.78. The van der Waals surface area contributed by atoms with Gasteiger partial charge in [0.05, 0.1) is 19.3 Å². The van der Waals surface area contributed by atoms with Crippen molar-refractivity contribution in [2.45, 2.75) is 32.4 Å². The first-order chi connectivity index (χ1) is 9.58. The van der Waals surface area contributed by atoms with E-state index in [9.17, 15) is 0 Å². The van der Waals surface area contributed by atoms with Crippen molar-refractivity contribution < 1.29 is 9.47 Å². The molecule has 0 spiro atoms. The number of anilines is 1. The summed E-state index contributed by atoms with van der Waals surface area (Å²) in [6.45, 7) is 6.03. The number of ether oxygens (including phenoxy) is 2. The maximum absolute atomic E-state index is 5.78. The lowest BCUT2D eigenvalue weighted by atomic mass is 10.1. The summed E-state index contributed by atoms with van der Waals surface area (Å²) in [4.78, 5) is 11.0. The van der Waals surface area contributed by atoms with Crippen LogP contribution in [0.2, 0.25) is 0 Å². The van der Waals surface area contributed by atoms with Crippen LogP contribution in [0.15, 0.2) is 12.4 Å². The Bertz CT molecular complexity index is 370. The Kier molecular flexibility index (Phi) is 7.43. The van der Waals surface area contributed by atoms with E-state index in [-0.39, 0.29) is 12.1 Å². The van der Waals surface area contributed by atoms with Gasteiger partial charge in [-0.25, -0.2) is 9.97 Å². The summed E-state index contributed by atoms with van der Waals surface area (Å²) in [6.07, 6.45) is 4.46. The maximum Gasteiger partial charge on any atom is 0.225 e. The first-order valence-corrected chi connectivity index (χ1v) is 6.89. The fourth-order valence-corrected chi connectivity index (χ4v) is 2.01. The molecular weight excluding hydrogens is 256 g/mol. The van der Waals surface area contributed by atoms with Crippen molar-refractivity contribution in [3.05, 3.63) is 18.0 Å². The lowest BCUT2D eigenvalue weighted by molar-refractivity contribution is 0.170. The van der Waals surface area contributed by atoms with E-state index in [0.717, 1.165) is 18.5 Å². The molecule has 0 aromatic carbocycles. The van der Waals surface area contributed by atoms with Crippen molar-refractivity contribution in [1.82, 2.24) is 9.97 Å². The average molecular weight is 282 g/mol. The predicted molar refractivity (Wildman–Crippen MR) is 79.9 cm³/mol. The van der Waals surface area contributed by atoms with Crippen molar-refractivity contribution in [3.8, 4) is 0 Å². The topological polar surface area (TPSA) is 73.5 Å². The van der Waals surface area contributed by atoms with Gasteiger partial charge in [0.25, 0.3) is 0 Å². The van der Waals surface area contributed by atoms with Gasteiger partial charge >= 0.3 is 0 Å². The van der Waals surface area contributed by atoms with Gasteiger partial charge in [0.2, 0.25) is 5.95 Å². The Morgan fingerprint density at radius 3 is 2.35 bits per heavy atom. The molecule has 1 rings (SSSR count). The van der Waals surface area contributed by atoms with Crippen molar-refractivity contribution in [2.75, 3.05) is 38.9 Å². The highest BCUT2D eigenvalue weighted by Crippen LogP contribution is 2.12. The second-order valence-electron chi connectivity index (χ2n) is 5.06. The van der Waals surface area contributed by atoms with E-state index in [4.69, 9.17) is 15.2 Å². The van der Waals surface area contributed by atoms with Crippen LogP contribution in [0.4, 0.5) is 5.95 Å². The zero-order valence-corrected chi connectivity index (χ0v) is 12.9. The first kappa shape index (κ1) is 16.8. The molecule has 2 unspecified atom stereocenters. The summed E-state index contributed by atoms with van der Waals surface area (Å²) < 4.78 is 10.4. The number of nitrogens with zero attached hydrogens (tertiary/aromatic N) is 3. The monoisotopic (exact) mass is 282 g/mol. The molecule has 0 aliphatic carbocycles. The number of hydrogen-bond donors (Lipinski definition) is 1. The molecule has 114 valence electrons. The molecule has 0 saturated heterocycles. The minimum Gasteiger partial charge on any atom is -0.383 e. The molecule has 2 atom stereocenters. The fraction of sp³-hybridized carbons (Fsp3) is 0.714. The largest absolute Gasteiger partial charge is 0.383 e. The van der Waals surface area contributed by atoms with Crippen LogP contribution in [0.5, 0.6) is 0 Å². The third-order valence-electron chi connectivity index (χ3n) is 2.98. The molecule has 0 radical (unpaired) electrons. The van der Waals surface area contributed by atoms with E-state index < -0.39 is 0 Å².